The number of nitrogens with zero attached hydrogens (tertiary/aromatic N) is 4. The molecule has 2 heterocycles. The van der Waals surface area contributed by atoms with Crippen LogP contribution in [-0.2, 0) is 17.9 Å². The van der Waals surface area contributed by atoms with Gasteiger partial charge in [-0.3, -0.25) is 14.2 Å². The number of nitrogens with one attached hydrogen (secondary N) is 1. The van der Waals surface area contributed by atoms with Gasteiger partial charge in [-0.05, 0) is 11.6 Å². The van der Waals surface area contributed by atoms with E-state index in [4.69, 9.17) is 5.11 Å². The molecule has 0 bridgehead atoms. The Labute approximate surface area is 137 Å². The second-order valence-corrected chi connectivity index (χ2v) is 5.16. The van der Waals surface area contributed by atoms with Crippen molar-refractivity contribution in [1.29, 1.82) is 0 Å². The summed E-state index contributed by atoms with van der Waals surface area (Å²) in [5.74, 6) is -1.44. The SMILES string of the molecule is O=C(Cn1ccc(C(=O)O)n1)Nc1cnn(Cc2ccccc2)c1. The lowest BCUT2D eigenvalue weighted by atomic mass is 10.2. The quantitative estimate of drug-likeness (QED) is 0.714. The average Bonchev–Trinajstić information content (AvgIpc) is 3.18. The molecule has 0 saturated carbocycles. The fourth-order valence-electron chi connectivity index (χ4n) is 2.20. The summed E-state index contributed by atoms with van der Waals surface area (Å²) < 4.78 is 2.99. The van der Waals surface area contributed by atoms with Gasteiger partial charge in [0.2, 0.25) is 5.91 Å². The van der Waals surface area contributed by atoms with Crippen LogP contribution in [0.5, 0.6) is 0 Å². The number of carbonyl (C=O) groups excluding carboxylic acids is 1. The Hall–Kier alpha value is -3.42. The molecule has 0 unspecified atom stereocenters. The minimum Gasteiger partial charge on any atom is -0.476 e. The highest BCUT2D eigenvalue weighted by molar-refractivity contribution is 5.90. The predicted octanol–water partition coefficient (Wildman–Crippen LogP) is 1.46. The van der Waals surface area contributed by atoms with E-state index >= 15 is 0 Å². The first kappa shape index (κ1) is 15.5. The standard InChI is InChI=1S/C16H15N5O3/c22-15(11-20-7-6-14(19-20)16(23)24)18-13-8-17-21(10-13)9-12-4-2-1-3-5-12/h1-8,10H,9,11H2,(H,18,22)(H,23,24). The van der Waals surface area contributed by atoms with Crippen LogP contribution >= 0.6 is 0 Å². The Morgan fingerprint density at radius 2 is 1.92 bits per heavy atom. The van der Waals surface area contributed by atoms with Gasteiger partial charge in [0, 0.05) is 12.4 Å². The average molecular weight is 325 g/mol. The molecule has 122 valence electrons. The third-order valence-corrected chi connectivity index (χ3v) is 3.27. The number of amides is 1. The van der Waals surface area contributed by atoms with E-state index in [0.717, 1.165) is 5.56 Å². The third-order valence-electron chi connectivity index (χ3n) is 3.27. The Balaban J connectivity index is 1.57. The highest BCUT2D eigenvalue weighted by Crippen LogP contribution is 2.08. The zero-order valence-corrected chi connectivity index (χ0v) is 12.7. The van der Waals surface area contributed by atoms with Crippen molar-refractivity contribution >= 4 is 17.6 Å². The van der Waals surface area contributed by atoms with Crippen LogP contribution in [0.3, 0.4) is 0 Å². The molecule has 3 aromatic rings. The molecule has 24 heavy (non-hydrogen) atoms. The molecule has 8 heteroatoms. The molecule has 0 fully saturated rings. The van der Waals surface area contributed by atoms with E-state index in [9.17, 15) is 9.59 Å². The van der Waals surface area contributed by atoms with Crippen LogP contribution in [0.4, 0.5) is 5.69 Å². The number of anilines is 1. The monoisotopic (exact) mass is 325 g/mol. The maximum Gasteiger partial charge on any atom is 0.356 e. The summed E-state index contributed by atoms with van der Waals surface area (Å²) in [6.07, 6.45) is 4.74. The van der Waals surface area contributed by atoms with E-state index in [1.165, 1.54) is 16.9 Å². The number of hydrogen-bond donors (Lipinski definition) is 2. The largest absolute Gasteiger partial charge is 0.476 e. The molecule has 0 spiro atoms. The maximum atomic E-state index is 12.0. The van der Waals surface area contributed by atoms with Gasteiger partial charge in [0.15, 0.2) is 5.69 Å². The fraction of sp³-hybridized carbons (Fsp3) is 0.125. The van der Waals surface area contributed by atoms with Gasteiger partial charge < -0.3 is 10.4 Å². The van der Waals surface area contributed by atoms with E-state index in [1.807, 2.05) is 30.3 Å². The summed E-state index contributed by atoms with van der Waals surface area (Å²) in [4.78, 5) is 22.7. The third kappa shape index (κ3) is 3.86. The van der Waals surface area contributed by atoms with Crippen LogP contribution in [0.25, 0.3) is 0 Å². The molecule has 0 aliphatic heterocycles. The minimum absolute atomic E-state index is 0.0723. The predicted molar refractivity (Wildman–Crippen MR) is 85.6 cm³/mol. The smallest absolute Gasteiger partial charge is 0.356 e. The summed E-state index contributed by atoms with van der Waals surface area (Å²) >= 11 is 0. The molecular formula is C16H15N5O3. The van der Waals surface area contributed by atoms with Gasteiger partial charge in [0.1, 0.15) is 6.54 Å². The fourth-order valence-corrected chi connectivity index (χ4v) is 2.20. The molecule has 0 saturated heterocycles. The normalized spacial score (nSPS) is 10.5. The lowest BCUT2D eigenvalue weighted by Gasteiger charge is -2.03. The highest BCUT2D eigenvalue weighted by atomic mass is 16.4. The van der Waals surface area contributed by atoms with Crippen LogP contribution in [0.15, 0.2) is 55.0 Å². The number of carboxylic acid groups (broad SMARTS) is 1. The lowest BCUT2D eigenvalue weighted by Crippen LogP contribution is -2.19. The topological polar surface area (TPSA) is 102 Å². The van der Waals surface area contributed by atoms with E-state index in [0.29, 0.717) is 12.2 Å². The number of benzene rings is 1. The second kappa shape index (κ2) is 6.78. The van der Waals surface area contributed by atoms with Crippen LogP contribution in [-0.4, -0.2) is 36.5 Å². The molecule has 2 N–H and O–H groups in total. The van der Waals surface area contributed by atoms with Crippen LogP contribution < -0.4 is 5.32 Å². The molecular weight excluding hydrogens is 310 g/mol. The van der Waals surface area contributed by atoms with E-state index < -0.39 is 5.97 Å². The molecule has 2 aromatic heterocycles. The van der Waals surface area contributed by atoms with E-state index in [-0.39, 0.29) is 18.1 Å². The zero-order chi connectivity index (χ0) is 16.9. The number of carboxylic acids is 1. The first-order chi connectivity index (χ1) is 11.6. The zero-order valence-electron chi connectivity index (χ0n) is 12.7. The Morgan fingerprint density at radius 1 is 1.12 bits per heavy atom. The molecule has 1 amide bonds. The number of hydrogen-bond acceptors (Lipinski definition) is 4. The van der Waals surface area contributed by atoms with Crippen molar-refractivity contribution in [3.63, 3.8) is 0 Å². The molecule has 8 nitrogen and oxygen atoms in total. The van der Waals surface area contributed by atoms with Crippen molar-refractivity contribution in [3.8, 4) is 0 Å². The van der Waals surface area contributed by atoms with Gasteiger partial charge in [-0.2, -0.15) is 10.2 Å². The van der Waals surface area contributed by atoms with Crippen molar-refractivity contribution in [2.75, 3.05) is 5.32 Å². The van der Waals surface area contributed by atoms with Crippen LogP contribution in [0, 0.1) is 0 Å². The van der Waals surface area contributed by atoms with Gasteiger partial charge >= 0.3 is 5.97 Å². The summed E-state index contributed by atoms with van der Waals surface area (Å²) in [5.41, 5.74) is 1.58. The minimum atomic E-state index is -1.13. The Kier molecular flexibility index (Phi) is 4.37. The Bertz CT molecular complexity index is 853. The van der Waals surface area contributed by atoms with E-state index in [1.54, 1.807) is 17.1 Å². The van der Waals surface area contributed by atoms with E-state index in [2.05, 4.69) is 15.5 Å². The molecule has 1 aromatic carbocycles. The summed E-state index contributed by atoms with van der Waals surface area (Å²) in [6.45, 7) is 0.537. The maximum absolute atomic E-state index is 12.0. The highest BCUT2D eigenvalue weighted by Gasteiger charge is 2.10. The van der Waals surface area contributed by atoms with Crippen molar-refractivity contribution in [1.82, 2.24) is 19.6 Å². The number of aromatic carboxylic acids is 1. The van der Waals surface area contributed by atoms with Gasteiger partial charge in [0.05, 0.1) is 18.4 Å². The molecule has 0 aliphatic rings. The van der Waals surface area contributed by atoms with Gasteiger partial charge in [-0.15, -0.1) is 0 Å². The molecule has 0 aliphatic carbocycles. The van der Waals surface area contributed by atoms with Crippen LogP contribution in [0.1, 0.15) is 16.1 Å². The van der Waals surface area contributed by atoms with Gasteiger partial charge in [-0.1, -0.05) is 30.3 Å². The van der Waals surface area contributed by atoms with Crippen molar-refractivity contribution < 1.29 is 14.7 Å². The second-order valence-electron chi connectivity index (χ2n) is 5.16. The lowest BCUT2D eigenvalue weighted by molar-refractivity contribution is -0.116. The molecule has 0 atom stereocenters. The number of aromatic nitrogens is 4. The van der Waals surface area contributed by atoms with Crippen molar-refractivity contribution in [3.05, 3.63) is 66.2 Å². The molecule has 3 rings (SSSR count). The van der Waals surface area contributed by atoms with Crippen LogP contribution in [0.2, 0.25) is 0 Å². The number of rotatable bonds is 6. The summed E-state index contributed by atoms with van der Waals surface area (Å²) in [5, 5.41) is 19.5. The number of carbonyl (C=O) groups is 2. The van der Waals surface area contributed by atoms with Crippen molar-refractivity contribution in [2.45, 2.75) is 13.1 Å². The summed E-state index contributed by atoms with van der Waals surface area (Å²) in [6, 6.07) is 11.2. The molecule has 0 radical (unpaired) electrons. The summed E-state index contributed by atoms with van der Waals surface area (Å²) in [7, 11) is 0. The van der Waals surface area contributed by atoms with Gasteiger partial charge in [-0.25, -0.2) is 4.79 Å². The first-order valence-corrected chi connectivity index (χ1v) is 7.23. The first-order valence-electron chi connectivity index (χ1n) is 7.23. The van der Waals surface area contributed by atoms with Gasteiger partial charge in [0.25, 0.3) is 0 Å². The Morgan fingerprint density at radius 3 is 2.62 bits per heavy atom. The van der Waals surface area contributed by atoms with Crippen molar-refractivity contribution in [2.24, 2.45) is 0 Å².